The van der Waals surface area contributed by atoms with E-state index in [1.165, 1.54) is 17.8 Å². The average Bonchev–Trinajstić information content (AvgIpc) is 2.92. The molecule has 116 valence electrons. The largest absolute Gasteiger partial charge is 0.347 e. The van der Waals surface area contributed by atoms with E-state index < -0.39 is 0 Å². The van der Waals surface area contributed by atoms with Gasteiger partial charge in [-0.3, -0.25) is 9.79 Å². The van der Waals surface area contributed by atoms with Crippen molar-refractivity contribution in [1.82, 2.24) is 4.57 Å². The highest BCUT2D eigenvalue weighted by Gasteiger charge is 2.04. The topological polar surface area (TPSA) is 46.4 Å². The number of aryl methyl sites for hydroxylation is 1. The first-order valence-electron chi connectivity index (χ1n) is 7.67. The van der Waals surface area contributed by atoms with E-state index in [2.05, 4.69) is 46.2 Å². The third-order valence-corrected chi connectivity index (χ3v) is 3.70. The highest BCUT2D eigenvalue weighted by Crippen LogP contribution is 2.21. The number of hydrogen-bond acceptors (Lipinski definition) is 2. The molecule has 0 unspecified atom stereocenters. The van der Waals surface area contributed by atoms with Gasteiger partial charge in [-0.05, 0) is 37.3 Å². The molecule has 0 saturated carbocycles. The Bertz CT molecular complexity index is 860. The molecule has 0 bridgehead atoms. The van der Waals surface area contributed by atoms with Crippen LogP contribution in [0.1, 0.15) is 19.4 Å². The van der Waals surface area contributed by atoms with Gasteiger partial charge in [-0.25, -0.2) is 0 Å². The lowest BCUT2D eigenvalue weighted by Gasteiger charge is -2.01. The second kappa shape index (κ2) is 6.48. The summed E-state index contributed by atoms with van der Waals surface area (Å²) in [4.78, 5) is 15.6. The summed E-state index contributed by atoms with van der Waals surface area (Å²) in [5.41, 5.74) is 3.96. The standard InChI is InChI=1S/C19H19N3O/c1-3-22-13-15(18-6-4-5-7-19(18)22)12-20-16-8-10-17(11-9-16)21-14(2)23/h4-13H,3H2,1-2H3,(H,21,23). The van der Waals surface area contributed by atoms with Crippen LogP contribution in [0.25, 0.3) is 10.9 Å². The minimum Gasteiger partial charge on any atom is -0.347 e. The molecule has 0 aliphatic carbocycles. The number of anilines is 1. The number of fused-ring (bicyclic) bond motifs is 1. The fourth-order valence-corrected chi connectivity index (χ4v) is 2.62. The highest BCUT2D eigenvalue weighted by molar-refractivity contribution is 6.00. The van der Waals surface area contributed by atoms with Gasteiger partial charge in [0.05, 0.1) is 5.69 Å². The van der Waals surface area contributed by atoms with Crippen molar-refractivity contribution in [2.75, 3.05) is 5.32 Å². The van der Waals surface area contributed by atoms with Crippen molar-refractivity contribution in [2.45, 2.75) is 20.4 Å². The van der Waals surface area contributed by atoms with Gasteiger partial charge in [0.1, 0.15) is 0 Å². The number of aliphatic imine (C=N–C) groups is 1. The molecule has 4 heteroatoms. The second-order valence-corrected chi connectivity index (χ2v) is 5.37. The maximum absolute atomic E-state index is 11.0. The second-order valence-electron chi connectivity index (χ2n) is 5.37. The maximum atomic E-state index is 11.0. The normalized spacial score (nSPS) is 11.2. The summed E-state index contributed by atoms with van der Waals surface area (Å²) in [5, 5.41) is 3.95. The number of benzene rings is 2. The fourth-order valence-electron chi connectivity index (χ4n) is 2.62. The minimum absolute atomic E-state index is 0.0753. The zero-order chi connectivity index (χ0) is 16.2. The van der Waals surface area contributed by atoms with E-state index in [0.717, 1.165) is 23.5 Å². The van der Waals surface area contributed by atoms with E-state index in [9.17, 15) is 4.79 Å². The molecule has 0 fully saturated rings. The quantitative estimate of drug-likeness (QED) is 0.715. The van der Waals surface area contributed by atoms with E-state index in [-0.39, 0.29) is 5.91 Å². The van der Waals surface area contributed by atoms with Gasteiger partial charge in [0.15, 0.2) is 0 Å². The zero-order valence-electron chi connectivity index (χ0n) is 13.3. The summed E-state index contributed by atoms with van der Waals surface area (Å²) in [6.45, 7) is 4.56. The molecule has 0 saturated heterocycles. The highest BCUT2D eigenvalue weighted by atomic mass is 16.1. The molecule has 2 aromatic carbocycles. The van der Waals surface area contributed by atoms with E-state index in [1.54, 1.807) is 0 Å². The fraction of sp³-hybridized carbons (Fsp3) is 0.158. The van der Waals surface area contributed by atoms with Gasteiger partial charge in [-0.1, -0.05) is 18.2 Å². The van der Waals surface area contributed by atoms with Crippen LogP contribution < -0.4 is 5.32 Å². The van der Waals surface area contributed by atoms with Gasteiger partial charge in [0.25, 0.3) is 0 Å². The molecular formula is C19H19N3O. The van der Waals surface area contributed by atoms with Gasteiger partial charge < -0.3 is 9.88 Å². The number of nitrogens with one attached hydrogen (secondary N) is 1. The molecule has 0 aliphatic rings. The monoisotopic (exact) mass is 305 g/mol. The Kier molecular flexibility index (Phi) is 4.24. The van der Waals surface area contributed by atoms with Crippen molar-refractivity contribution in [3.8, 4) is 0 Å². The van der Waals surface area contributed by atoms with Gasteiger partial charge in [-0.15, -0.1) is 0 Å². The van der Waals surface area contributed by atoms with Crippen LogP contribution in [0.3, 0.4) is 0 Å². The van der Waals surface area contributed by atoms with Crippen molar-refractivity contribution in [3.63, 3.8) is 0 Å². The van der Waals surface area contributed by atoms with Crippen LogP contribution in [0.5, 0.6) is 0 Å². The van der Waals surface area contributed by atoms with Gasteiger partial charge in [0, 0.05) is 48.0 Å². The Morgan fingerprint density at radius 1 is 1.17 bits per heavy atom. The molecule has 23 heavy (non-hydrogen) atoms. The molecule has 3 rings (SSSR count). The van der Waals surface area contributed by atoms with Crippen LogP contribution in [0.2, 0.25) is 0 Å². The minimum atomic E-state index is -0.0753. The van der Waals surface area contributed by atoms with Gasteiger partial charge >= 0.3 is 0 Å². The molecule has 0 spiro atoms. The summed E-state index contributed by atoms with van der Waals surface area (Å²) in [6.07, 6.45) is 4.02. The molecule has 1 N–H and O–H groups in total. The molecule has 4 nitrogen and oxygen atoms in total. The van der Waals surface area contributed by atoms with E-state index in [4.69, 9.17) is 0 Å². The third-order valence-electron chi connectivity index (χ3n) is 3.70. The summed E-state index contributed by atoms with van der Waals surface area (Å²) in [6, 6.07) is 15.8. The molecular weight excluding hydrogens is 286 g/mol. The number of rotatable bonds is 4. The van der Waals surface area contributed by atoms with E-state index in [0.29, 0.717) is 0 Å². The van der Waals surface area contributed by atoms with Crippen molar-refractivity contribution < 1.29 is 4.79 Å². The first-order valence-corrected chi connectivity index (χ1v) is 7.67. The number of amides is 1. The first-order chi connectivity index (χ1) is 11.2. The Balaban J connectivity index is 1.87. The smallest absolute Gasteiger partial charge is 0.221 e. The number of para-hydroxylation sites is 1. The number of nitrogens with zero attached hydrogens (tertiary/aromatic N) is 2. The first kappa shape index (κ1) is 15.0. The summed E-state index contributed by atoms with van der Waals surface area (Å²) in [7, 11) is 0. The predicted molar refractivity (Wildman–Crippen MR) is 95.6 cm³/mol. The molecule has 0 radical (unpaired) electrons. The number of aromatic nitrogens is 1. The third kappa shape index (κ3) is 3.31. The summed E-state index contributed by atoms with van der Waals surface area (Å²) < 4.78 is 2.22. The Morgan fingerprint density at radius 2 is 1.91 bits per heavy atom. The van der Waals surface area contributed by atoms with Crippen molar-refractivity contribution in [2.24, 2.45) is 4.99 Å². The molecule has 1 heterocycles. The van der Waals surface area contributed by atoms with Crippen LogP contribution in [0, 0.1) is 0 Å². The lowest BCUT2D eigenvalue weighted by Crippen LogP contribution is -2.04. The predicted octanol–water partition coefficient (Wildman–Crippen LogP) is 4.37. The molecule has 0 aliphatic heterocycles. The number of carbonyl (C=O) groups excluding carboxylic acids is 1. The molecule has 1 aromatic heterocycles. The Morgan fingerprint density at radius 3 is 2.61 bits per heavy atom. The summed E-state index contributed by atoms with van der Waals surface area (Å²) in [5.74, 6) is -0.0753. The van der Waals surface area contributed by atoms with Crippen molar-refractivity contribution in [1.29, 1.82) is 0 Å². The number of carbonyl (C=O) groups is 1. The average molecular weight is 305 g/mol. The van der Waals surface area contributed by atoms with E-state index >= 15 is 0 Å². The Hall–Kier alpha value is -2.88. The lowest BCUT2D eigenvalue weighted by atomic mass is 10.2. The van der Waals surface area contributed by atoms with Gasteiger partial charge in [-0.2, -0.15) is 0 Å². The van der Waals surface area contributed by atoms with Crippen LogP contribution in [-0.4, -0.2) is 16.7 Å². The zero-order valence-corrected chi connectivity index (χ0v) is 13.3. The SMILES string of the molecule is CCn1cc(C=Nc2ccc(NC(C)=O)cc2)c2ccccc21. The lowest BCUT2D eigenvalue weighted by molar-refractivity contribution is -0.114. The molecule has 0 atom stereocenters. The van der Waals surface area contributed by atoms with Crippen LogP contribution in [0.15, 0.2) is 59.7 Å². The van der Waals surface area contributed by atoms with Crippen molar-refractivity contribution in [3.05, 3.63) is 60.3 Å². The Labute approximate surface area is 135 Å². The summed E-state index contributed by atoms with van der Waals surface area (Å²) >= 11 is 0. The van der Waals surface area contributed by atoms with Crippen LogP contribution in [-0.2, 0) is 11.3 Å². The van der Waals surface area contributed by atoms with Crippen molar-refractivity contribution >= 4 is 34.4 Å². The maximum Gasteiger partial charge on any atom is 0.221 e. The van der Waals surface area contributed by atoms with Crippen LogP contribution >= 0.6 is 0 Å². The molecule has 1 amide bonds. The van der Waals surface area contributed by atoms with Gasteiger partial charge in [0.2, 0.25) is 5.91 Å². The number of hydrogen-bond donors (Lipinski definition) is 1. The van der Waals surface area contributed by atoms with E-state index in [1.807, 2.05) is 36.5 Å². The van der Waals surface area contributed by atoms with Crippen LogP contribution in [0.4, 0.5) is 11.4 Å². The molecule has 3 aromatic rings.